The van der Waals surface area contributed by atoms with E-state index in [0.717, 1.165) is 6.42 Å². The van der Waals surface area contributed by atoms with Gasteiger partial charge in [-0.05, 0) is 6.42 Å². The molecule has 3 aliphatic heterocycles. The first-order valence-electron chi connectivity index (χ1n) is 6.89. The van der Waals surface area contributed by atoms with Gasteiger partial charge >= 0.3 is 5.97 Å². The molecule has 0 spiro atoms. The monoisotopic (exact) mass is 294 g/mol. The second-order valence-electron chi connectivity index (χ2n) is 5.43. The lowest BCUT2D eigenvalue weighted by Gasteiger charge is -2.49. The lowest BCUT2D eigenvalue weighted by atomic mass is 9.92. The molecule has 7 nitrogen and oxygen atoms in total. The highest BCUT2D eigenvalue weighted by atomic mass is 16.5. The molecule has 0 aromatic heterocycles. The number of aliphatic carboxylic acids is 1. The molecule has 0 bridgehead atoms. The van der Waals surface area contributed by atoms with E-state index < -0.39 is 5.97 Å². The van der Waals surface area contributed by atoms with Crippen LogP contribution in [0.4, 0.5) is 0 Å². The van der Waals surface area contributed by atoms with E-state index >= 15 is 0 Å². The van der Waals surface area contributed by atoms with Crippen LogP contribution in [0.15, 0.2) is 23.2 Å². The minimum atomic E-state index is -0.987. The van der Waals surface area contributed by atoms with Crippen LogP contribution in [0.1, 0.15) is 12.8 Å². The van der Waals surface area contributed by atoms with Crippen molar-refractivity contribution in [2.45, 2.75) is 24.9 Å². The van der Waals surface area contributed by atoms with Crippen LogP contribution in [0.25, 0.3) is 0 Å². The third kappa shape index (κ3) is 2.08. The summed E-state index contributed by atoms with van der Waals surface area (Å²) in [5.41, 5.74) is 0.686. The molecule has 0 aromatic rings. The first-order chi connectivity index (χ1) is 10.0. The van der Waals surface area contributed by atoms with Crippen LogP contribution in [0.2, 0.25) is 0 Å². The number of likely N-dealkylation sites (N-methyl/N-ethyl adjacent to an activating group) is 1. The van der Waals surface area contributed by atoms with Crippen molar-refractivity contribution in [2.24, 2.45) is 0 Å². The summed E-state index contributed by atoms with van der Waals surface area (Å²) < 4.78 is 10.8. The third-order valence-corrected chi connectivity index (χ3v) is 4.36. The average Bonchev–Trinajstić information content (AvgIpc) is 2.51. The molecular weight excluding hydrogens is 276 g/mol. The van der Waals surface area contributed by atoms with Crippen molar-refractivity contribution in [3.8, 4) is 0 Å². The molecule has 21 heavy (non-hydrogen) atoms. The van der Waals surface area contributed by atoms with Crippen LogP contribution >= 0.6 is 0 Å². The van der Waals surface area contributed by atoms with Gasteiger partial charge in [-0.2, -0.15) is 0 Å². The first kappa shape index (κ1) is 13.9. The Morgan fingerprint density at radius 3 is 2.90 bits per heavy atom. The Labute approximate surface area is 122 Å². The highest BCUT2D eigenvalue weighted by molar-refractivity contribution is 5.96. The van der Waals surface area contributed by atoms with Gasteiger partial charge in [0.15, 0.2) is 0 Å². The van der Waals surface area contributed by atoms with E-state index in [2.05, 4.69) is 0 Å². The van der Waals surface area contributed by atoms with Gasteiger partial charge in [-0.25, -0.2) is 4.79 Å². The number of nitrogens with zero attached hydrogens (tertiary/aromatic N) is 2. The predicted molar refractivity (Wildman–Crippen MR) is 72.0 cm³/mol. The van der Waals surface area contributed by atoms with Gasteiger partial charge < -0.3 is 24.4 Å². The fraction of sp³-hybridized carbons (Fsp3) is 0.571. The number of carbonyl (C=O) groups is 2. The average molecular weight is 294 g/mol. The Morgan fingerprint density at radius 2 is 2.24 bits per heavy atom. The van der Waals surface area contributed by atoms with Gasteiger partial charge in [0, 0.05) is 26.3 Å². The predicted octanol–water partition coefficient (Wildman–Crippen LogP) is 0.148. The Bertz CT molecular complexity index is 554. The highest BCUT2D eigenvalue weighted by Crippen LogP contribution is 2.36. The summed E-state index contributed by atoms with van der Waals surface area (Å²) in [6.07, 6.45) is 2.45. The van der Waals surface area contributed by atoms with E-state index in [1.807, 2.05) is 0 Å². The summed E-state index contributed by atoms with van der Waals surface area (Å²) in [6.45, 7) is 1.07. The van der Waals surface area contributed by atoms with Crippen LogP contribution < -0.4 is 0 Å². The number of carboxylic acids is 1. The third-order valence-electron chi connectivity index (χ3n) is 4.36. The summed E-state index contributed by atoms with van der Waals surface area (Å²) in [4.78, 5) is 27.3. The van der Waals surface area contributed by atoms with Gasteiger partial charge in [0.25, 0.3) is 5.91 Å². The van der Waals surface area contributed by atoms with Gasteiger partial charge in [0.1, 0.15) is 11.5 Å². The minimum Gasteiger partial charge on any atom is -0.498 e. The quantitative estimate of drug-likeness (QED) is 0.781. The standard InChI is InChI=1S/C14H18N2O5/c1-15-10-7-21-4-3-9(10)16-6-8(14(18)19)5-11(20-2)12(16)13(15)17/h6,9-10H,3-5,7H2,1-2H3,(H,18,19)/t9-,10+/m0/s1. The molecule has 0 saturated carbocycles. The number of carbonyl (C=O) groups excluding carboxylic acids is 1. The van der Waals surface area contributed by atoms with Crippen molar-refractivity contribution in [2.75, 3.05) is 27.4 Å². The van der Waals surface area contributed by atoms with Gasteiger partial charge in [-0.1, -0.05) is 0 Å². The lowest BCUT2D eigenvalue weighted by molar-refractivity contribution is -0.141. The fourth-order valence-corrected chi connectivity index (χ4v) is 3.19. The summed E-state index contributed by atoms with van der Waals surface area (Å²) in [7, 11) is 3.22. The second kappa shape index (κ2) is 5.07. The van der Waals surface area contributed by atoms with E-state index in [1.54, 1.807) is 23.0 Å². The highest BCUT2D eigenvalue weighted by Gasteiger charge is 2.46. The van der Waals surface area contributed by atoms with Crippen molar-refractivity contribution in [1.82, 2.24) is 9.80 Å². The van der Waals surface area contributed by atoms with Crippen molar-refractivity contribution in [3.63, 3.8) is 0 Å². The molecule has 2 saturated heterocycles. The zero-order valence-electron chi connectivity index (χ0n) is 12.0. The van der Waals surface area contributed by atoms with Crippen LogP contribution in [0.3, 0.4) is 0 Å². The van der Waals surface area contributed by atoms with Crippen LogP contribution in [0, 0.1) is 0 Å². The molecule has 0 unspecified atom stereocenters. The van der Waals surface area contributed by atoms with E-state index in [9.17, 15) is 14.7 Å². The first-order valence-corrected chi connectivity index (χ1v) is 6.89. The number of methoxy groups -OCH3 is 1. The molecule has 114 valence electrons. The van der Waals surface area contributed by atoms with E-state index in [1.165, 1.54) is 7.11 Å². The van der Waals surface area contributed by atoms with E-state index in [-0.39, 0.29) is 30.0 Å². The van der Waals surface area contributed by atoms with Crippen molar-refractivity contribution < 1.29 is 24.2 Å². The Kier molecular flexibility index (Phi) is 3.36. The number of carboxylic acid groups (broad SMARTS) is 1. The topological polar surface area (TPSA) is 79.3 Å². The Hall–Kier alpha value is -2.02. The van der Waals surface area contributed by atoms with Crippen LogP contribution in [-0.4, -0.2) is 66.2 Å². The van der Waals surface area contributed by atoms with Crippen LogP contribution in [0.5, 0.6) is 0 Å². The number of piperazine rings is 1. The van der Waals surface area contributed by atoms with E-state index in [4.69, 9.17) is 9.47 Å². The smallest absolute Gasteiger partial charge is 0.333 e. The maximum atomic E-state index is 12.6. The molecule has 7 heteroatoms. The number of amides is 1. The van der Waals surface area contributed by atoms with Crippen molar-refractivity contribution in [3.05, 3.63) is 23.2 Å². The van der Waals surface area contributed by atoms with Gasteiger partial charge in [-0.3, -0.25) is 4.79 Å². The van der Waals surface area contributed by atoms with Gasteiger partial charge in [0.05, 0.1) is 31.4 Å². The maximum Gasteiger partial charge on any atom is 0.333 e. The number of rotatable bonds is 2. The Morgan fingerprint density at radius 1 is 1.48 bits per heavy atom. The Balaban J connectivity index is 2.07. The molecule has 0 radical (unpaired) electrons. The fourth-order valence-electron chi connectivity index (χ4n) is 3.19. The number of hydrogen-bond acceptors (Lipinski definition) is 5. The second-order valence-corrected chi connectivity index (χ2v) is 5.43. The zero-order valence-corrected chi connectivity index (χ0v) is 12.0. The summed E-state index contributed by atoms with van der Waals surface area (Å²) >= 11 is 0. The molecule has 3 heterocycles. The maximum absolute atomic E-state index is 12.6. The summed E-state index contributed by atoms with van der Waals surface area (Å²) in [6, 6.07) is -0.0475. The molecule has 0 aliphatic carbocycles. The molecule has 0 aromatic carbocycles. The van der Waals surface area contributed by atoms with E-state index in [0.29, 0.717) is 24.7 Å². The van der Waals surface area contributed by atoms with Crippen molar-refractivity contribution >= 4 is 11.9 Å². The molecule has 3 rings (SSSR count). The molecule has 3 aliphatic rings. The number of ether oxygens (including phenoxy) is 2. The van der Waals surface area contributed by atoms with Gasteiger partial charge in [-0.15, -0.1) is 0 Å². The minimum absolute atomic E-state index is 0.0243. The molecule has 2 fully saturated rings. The zero-order chi connectivity index (χ0) is 15.1. The molecule has 2 atom stereocenters. The van der Waals surface area contributed by atoms with Crippen LogP contribution in [-0.2, 0) is 19.1 Å². The van der Waals surface area contributed by atoms with Gasteiger partial charge in [0.2, 0.25) is 0 Å². The number of hydrogen-bond donors (Lipinski definition) is 1. The molecule has 1 N–H and O–H groups in total. The number of fused-ring (bicyclic) bond motifs is 3. The molecular formula is C14H18N2O5. The lowest BCUT2D eigenvalue weighted by Crippen LogP contribution is -2.62. The number of allylic oxidation sites excluding steroid dienone is 1. The normalized spacial score (nSPS) is 28.9. The summed E-state index contributed by atoms with van der Waals surface area (Å²) in [5.74, 6) is -0.727. The largest absolute Gasteiger partial charge is 0.498 e. The molecule has 1 amide bonds. The SMILES string of the molecule is COC1=C2C(=O)N(C)[C@@H]3COCC[C@@H]3N2C=C(C(=O)O)C1. The van der Waals surface area contributed by atoms with Crippen molar-refractivity contribution in [1.29, 1.82) is 0 Å². The summed E-state index contributed by atoms with van der Waals surface area (Å²) in [5, 5.41) is 9.26.